The maximum Gasteiger partial charge on any atom is 0.300 e. The van der Waals surface area contributed by atoms with Crippen molar-refractivity contribution in [3.63, 3.8) is 0 Å². The summed E-state index contributed by atoms with van der Waals surface area (Å²) in [5.41, 5.74) is 0.598. The van der Waals surface area contributed by atoms with Crippen LogP contribution in [0.1, 0.15) is 22.1 Å². The Bertz CT molecular complexity index is 456. The summed E-state index contributed by atoms with van der Waals surface area (Å²) in [6, 6.07) is 0. The van der Waals surface area contributed by atoms with Crippen molar-refractivity contribution >= 4 is 5.91 Å². The first-order chi connectivity index (χ1) is 6.68. The largest absolute Gasteiger partial charge is 0.436 e. The number of rotatable bonds is 1. The maximum absolute atomic E-state index is 11.7. The van der Waals surface area contributed by atoms with Crippen molar-refractivity contribution in [2.75, 3.05) is 0 Å². The molecule has 2 aromatic rings. The molecule has 2 heterocycles. The van der Waals surface area contributed by atoms with Gasteiger partial charge in [-0.2, -0.15) is 0 Å². The molecule has 0 aliphatic rings. The monoisotopic (exact) mass is 191 g/mol. The Morgan fingerprint density at radius 2 is 2.29 bits per heavy atom. The summed E-state index contributed by atoms with van der Waals surface area (Å²) in [6.07, 6.45) is 4.54. The van der Waals surface area contributed by atoms with Gasteiger partial charge in [0.25, 0.3) is 0 Å². The third-order valence-corrected chi connectivity index (χ3v) is 1.84. The first kappa shape index (κ1) is 8.68. The lowest BCUT2D eigenvalue weighted by atomic mass is 10.3. The standard InChI is InChI=1S/C9H9N3O2/c1-6-8(14-7(2)11-6)9(13)12-4-3-10-5-12/h3-5H,1-2H3. The molecule has 0 aliphatic heterocycles. The Balaban J connectivity index is 2.41. The van der Waals surface area contributed by atoms with Crippen LogP contribution < -0.4 is 0 Å². The number of carbonyl (C=O) groups is 1. The van der Waals surface area contributed by atoms with Gasteiger partial charge in [-0.05, 0) is 6.92 Å². The number of aromatic nitrogens is 3. The van der Waals surface area contributed by atoms with Gasteiger partial charge in [-0.15, -0.1) is 0 Å². The van der Waals surface area contributed by atoms with Gasteiger partial charge in [-0.3, -0.25) is 9.36 Å². The minimum absolute atomic E-state index is 0.249. The van der Waals surface area contributed by atoms with Crippen molar-refractivity contribution < 1.29 is 9.21 Å². The Morgan fingerprint density at radius 1 is 1.50 bits per heavy atom. The van der Waals surface area contributed by atoms with Gasteiger partial charge in [-0.25, -0.2) is 9.97 Å². The quantitative estimate of drug-likeness (QED) is 0.679. The number of hydrogen-bond donors (Lipinski definition) is 0. The lowest BCUT2D eigenvalue weighted by molar-refractivity contribution is 0.0930. The molecule has 0 saturated carbocycles. The summed E-state index contributed by atoms with van der Waals surface area (Å²) in [5.74, 6) is 0.507. The van der Waals surface area contributed by atoms with Crippen molar-refractivity contribution in [1.29, 1.82) is 0 Å². The highest BCUT2D eigenvalue weighted by Gasteiger charge is 2.16. The number of oxazole rings is 1. The Labute approximate surface area is 80.4 Å². The van der Waals surface area contributed by atoms with E-state index in [0.717, 1.165) is 0 Å². The van der Waals surface area contributed by atoms with E-state index in [0.29, 0.717) is 11.6 Å². The van der Waals surface area contributed by atoms with E-state index >= 15 is 0 Å². The predicted octanol–water partition coefficient (Wildman–Crippen LogP) is 1.18. The Hall–Kier alpha value is -1.91. The maximum atomic E-state index is 11.7. The van der Waals surface area contributed by atoms with Crippen molar-refractivity contribution in [2.24, 2.45) is 0 Å². The smallest absolute Gasteiger partial charge is 0.300 e. The average Bonchev–Trinajstić information content (AvgIpc) is 2.73. The van der Waals surface area contributed by atoms with E-state index in [1.165, 1.54) is 17.1 Å². The molecule has 2 aromatic heterocycles. The second-order valence-corrected chi connectivity index (χ2v) is 2.92. The molecule has 2 rings (SSSR count). The lowest BCUT2D eigenvalue weighted by Gasteiger charge is -1.96. The number of aryl methyl sites for hydroxylation is 2. The van der Waals surface area contributed by atoms with E-state index in [4.69, 9.17) is 4.42 Å². The molecule has 0 N–H and O–H groups in total. The average molecular weight is 191 g/mol. The zero-order chi connectivity index (χ0) is 10.1. The van der Waals surface area contributed by atoms with E-state index in [1.807, 2.05) is 0 Å². The first-order valence-corrected chi connectivity index (χ1v) is 4.15. The number of imidazole rings is 1. The molecule has 5 heteroatoms. The van der Waals surface area contributed by atoms with Crippen molar-refractivity contribution in [3.05, 3.63) is 36.1 Å². The number of carbonyl (C=O) groups excluding carboxylic acids is 1. The predicted molar refractivity (Wildman–Crippen MR) is 47.9 cm³/mol. The van der Waals surface area contributed by atoms with E-state index in [1.54, 1.807) is 20.0 Å². The second-order valence-electron chi connectivity index (χ2n) is 2.92. The third-order valence-electron chi connectivity index (χ3n) is 1.84. The third kappa shape index (κ3) is 1.32. The second kappa shape index (κ2) is 3.10. The van der Waals surface area contributed by atoms with E-state index in [9.17, 15) is 4.79 Å². The molecule has 0 fully saturated rings. The molecule has 0 aromatic carbocycles. The number of nitrogens with zero attached hydrogens (tertiary/aromatic N) is 3. The molecule has 0 amide bonds. The molecule has 0 aliphatic carbocycles. The van der Waals surface area contributed by atoms with Gasteiger partial charge in [0.15, 0.2) is 5.89 Å². The fourth-order valence-electron chi connectivity index (χ4n) is 1.23. The van der Waals surface area contributed by atoms with E-state index in [2.05, 4.69) is 9.97 Å². The van der Waals surface area contributed by atoms with Crippen LogP contribution in [0.3, 0.4) is 0 Å². The van der Waals surface area contributed by atoms with Gasteiger partial charge >= 0.3 is 5.91 Å². The zero-order valence-electron chi connectivity index (χ0n) is 7.89. The molecule has 0 radical (unpaired) electrons. The van der Waals surface area contributed by atoms with Crippen LogP contribution in [-0.4, -0.2) is 20.4 Å². The summed E-state index contributed by atoms with van der Waals surface area (Å²) < 4.78 is 6.54. The minimum Gasteiger partial charge on any atom is -0.436 e. The van der Waals surface area contributed by atoms with Crippen molar-refractivity contribution in [1.82, 2.24) is 14.5 Å². The Morgan fingerprint density at radius 3 is 2.79 bits per heavy atom. The van der Waals surface area contributed by atoms with Crippen LogP contribution in [0.5, 0.6) is 0 Å². The van der Waals surface area contributed by atoms with E-state index in [-0.39, 0.29) is 11.7 Å². The molecule has 0 spiro atoms. The normalized spacial score (nSPS) is 10.4. The molecule has 0 bridgehead atoms. The van der Waals surface area contributed by atoms with Crippen molar-refractivity contribution in [2.45, 2.75) is 13.8 Å². The molecule has 0 saturated heterocycles. The lowest BCUT2D eigenvalue weighted by Crippen LogP contribution is -2.09. The fraction of sp³-hybridized carbons (Fsp3) is 0.222. The highest BCUT2D eigenvalue weighted by molar-refractivity contribution is 5.94. The van der Waals surface area contributed by atoms with Gasteiger partial charge < -0.3 is 4.42 Å². The molecular weight excluding hydrogens is 182 g/mol. The molecule has 5 nitrogen and oxygen atoms in total. The van der Waals surface area contributed by atoms with Crippen LogP contribution in [0.15, 0.2) is 23.1 Å². The highest BCUT2D eigenvalue weighted by atomic mass is 16.4. The van der Waals surface area contributed by atoms with Crippen LogP contribution in [0.4, 0.5) is 0 Å². The van der Waals surface area contributed by atoms with Crippen LogP contribution in [0.25, 0.3) is 0 Å². The first-order valence-electron chi connectivity index (χ1n) is 4.15. The summed E-state index contributed by atoms with van der Waals surface area (Å²) in [7, 11) is 0. The van der Waals surface area contributed by atoms with Gasteiger partial charge in [0.1, 0.15) is 6.33 Å². The van der Waals surface area contributed by atoms with Gasteiger partial charge in [0, 0.05) is 19.3 Å². The summed E-state index contributed by atoms with van der Waals surface area (Å²) in [4.78, 5) is 19.5. The molecule has 14 heavy (non-hydrogen) atoms. The van der Waals surface area contributed by atoms with Gasteiger partial charge in [-0.1, -0.05) is 0 Å². The topological polar surface area (TPSA) is 60.9 Å². The minimum atomic E-state index is -0.249. The summed E-state index contributed by atoms with van der Waals surface area (Å²) in [5, 5.41) is 0. The molecule has 0 unspecified atom stereocenters. The summed E-state index contributed by atoms with van der Waals surface area (Å²) >= 11 is 0. The van der Waals surface area contributed by atoms with Gasteiger partial charge in [0.05, 0.1) is 5.69 Å². The zero-order valence-corrected chi connectivity index (χ0v) is 7.89. The van der Waals surface area contributed by atoms with E-state index < -0.39 is 0 Å². The van der Waals surface area contributed by atoms with Crippen LogP contribution in [-0.2, 0) is 0 Å². The molecule has 72 valence electrons. The van der Waals surface area contributed by atoms with Crippen LogP contribution in [0, 0.1) is 13.8 Å². The Kier molecular flexibility index (Phi) is 1.92. The highest BCUT2D eigenvalue weighted by Crippen LogP contribution is 2.10. The van der Waals surface area contributed by atoms with Crippen LogP contribution in [0.2, 0.25) is 0 Å². The molecular formula is C9H9N3O2. The van der Waals surface area contributed by atoms with Crippen LogP contribution >= 0.6 is 0 Å². The van der Waals surface area contributed by atoms with Gasteiger partial charge in [0.2, 0.25) is 5.76 Å². The number of hydrogen-bond acceptors (Lipinski definition) is 4. The summed E-state index contributed by atoms with van der Waals surface area (Å²) in [6.45, 7) is 3.44. The molecule has 0 atom stereocenters. The fourth-order valence-corrected chi connectivity index (χ4v) is 1.23. The van der Waals surface area contributed by atoms with Crippen molar-refractivity contribution in [3.8, 4) is 0 Å². The SMILES string of the molecule is Cc1nc(C)c(C(=O)n2ccnc2)o1.